The van der Waals surface area contributed by atoms with E-state index >= 15 is 0 Å². The molecule has 2 amide bonds. The van der Waals surface area contributed by atoms with Crippen molar-refractivity contribution in [1.29, 1.82) is 0 Å². The molecule has 0 N–H and O–H groups in total. The summed E-state index contributed by atoms with van der Waals surface area (Å²) in [4.78, 5) is 28.9. The van der Waals surface area contributed by atoms with Gasteiger partial charge in [-0.3, -0.25) is 9.59 Å². The largest absolute Gasteiger partial charge is 0.371 e. The minimum absolute atomic E-state index is 0.327. The molecule has 1 heterocycles. The number of nitrogens with zero attached hydrogens (tertiary/aromatic N) is 2. The van der Waals surface area contributed by atoms with Crippen LogP contribution in [0.4, 0.5) is 16.2 Å². The zero-order chi connectivity index (χ0) is 19.6. The Morgan fingerprint density at radius 2 is 1.89 bits per heavy atom. The number of hydrogen-bond donors (Lipinski definition) is 0. The van der Waals surface area contributed by atoms with Gasteiger partial charge in [-0.05, 0) is 83.5 Å². The van der Waals surface area contributed by atoms with Gasteiger partial charge >= 0.3 is 0 Å². The molecule has 0 bridgehead atoms. The van der Waals surface area contributed by atoms with E-state index < -0.39 is 0 Å². The van der Waals surface area contributed by atoms with Crippen LogP contribution in [0.1, 0.15) is 19.4 Å². The zero-order valence-corrected chi connectivity index (χ0v) is 18.1. The van der Waals surface area contributed by atoms with E-state index in [-0.39, 0.29) is 11.1 Å². The molecule has 0 saturated carbocycles. The Hall–Kier alpha value is -1.76. The molecule has 4 nitrogen and oxygen atoms in total. The minimum Gasteiger partial charge on any atom is -0.371 e. The SMILES string of the molecule is CCN(CC)c1ccc(/C=C2/SC(=O)N(c3cccc(Cl)c3)C2=O)cc1Br. The van der Waals surface area contributed by atoms with Crippen molar-refractivity contribution in [3.8, 4) is 0 Å². The minimum atomic E-state index is -0.337. The van der Waals surface area contributed by atoms with Crippen LogP contribution in [0.2, 0.25) is 5.02 Å². The molecule has 1 aliphatic heterocycles. The van der Waals surface area contributed by atoms with Gasteiger partial charge in [-0.1, -0.05) is 23.7 Å². The highest BCUT2D eigenvalue weighted by Gasteiger charge is 2.36. The molecule has 1 fully saturated rings. The molecule has 3 rings (SSSR count). The number of carbonyl (C=O) groups is 2. The van der Waals surface area contributed by atoms with Crippen molar-refractivity contribution in [2.24, 2.45) is 0 Å². The van der Waals surface area contributed by atoms with Crippen molar-refractivity contribution in [2.75, 3.05) is 22.9 Å². The summed E-state index contributed by atoms with van der Waals surface area (Å²) in [6, 6.07) is 12.6. The highest BCUT2D eigenvalue weighted by atomic mass is 79.9. The first-order chi connectivity index (χ1) is 12.9. The molecule has 7 heteroatoms. The first kappa shape index (κ1) is 20.0. The maximum Gasteiger partial charge on any atom is 0.298 e. The van der Waals surface area contributed by atoms with Gasteiger partial charge in [0.2, 0.25) is 0 Å². The zero-order valence-electron chi connectivity index (χ0n) is 14.9. The lowest BCUT2D eigenvalue weighted by molar-refractivity contribution is -0.113. The second kappa shape index (κ2) is 8.50. The lowest BCUT2D eigenvalue weighted by Crippen LogP contribution is -2.27. The molecule has 1 aliphatic rings. The molecule has 140 valence electrons. The van der Waals surface area contributed by atoms with Crippen molar-refractivity contribution < 1.29 is 9.59 Å². The van der Waals surface area contributed by atoms with Crippen molar-refractivity contribution in [3.05, 3.63) is 62.4 Å². The molecule has 2 aromatic carbocycles. The van der Waals surface area contributed by atoms with Gasteiger partial charge in [0.05, 0.1) is 16.3 Å². The summed E-state index contributed by atoms with van der Waals surface area (Å²) in [6.07, 6.45) is 1.74. The lowest BCUT2D eigenvalue weighted by Gasteiger charge is -2.22. The highest BCUT2D eigenvalue weighted by molar-refractivity contribution is 9.10. The first-order valence-electron chi connectivity index (χ1n) is 8.52. The number of amides is 2. The van der Waals surface area contributed by atoms with Crippen LogP contribution in [0, 0.1) is 0 Å². The summed E-state index contributed by atoms with van der Waals surface area (Å²) in [5.74, 6) is -0.337. The van der Waals surface area contributed by atoms with Gasteiger partial charge in [0, 0.05) is 22.6 Å². The van der Waals surface area contributed by atoms with E-state index in [0.717, 1.165) is 45.5 Å². The summed E-state index contributed by atoms with van der Waals surface area (Å²) < 4.78 is 0.953. The van der Waals surface area contributed by atoms with E-state index in [1.165, 1.54) is 0 Å². The first-order valence-corrected chi connectivity index (χ1v) is 10.5. The molecule has 0 atom stereocenters. The van der Waals surface area contributed by atoms with E-state index in [9.17, 15) is 9.59 Å². The quantitative estimate of drug-likeness (QED) is 0.494. The maximum atomic E-state index is 12.7. The number of anilines is 2. The Morgan fingerprint density at radius 3 is 2.52 bits per heavy atom. The molecular weight excluding hydrogens is 448 g/mol. The predicted molar refractivity (Wildman–Crippen MR) is 118 cm³/mol. The Balaban J connectivity index is 1.89. The van der Waals surface area contributed by atoms with Crippen LogP contribution in [0.3, 0.4) is 0 Å². The van der Waals surface area contributed by atoms with Crippen LogP contribution in [0.15, 0.2) is 51.8 Å². The monoisotopic (exact) mass is 464 g/mol. The summed E-state index contributed by atoms with van der Waals surface area (Å²) in [5, 5.41) is 0.152. The van der Waals surface area contributed by atoms with Gasteiger partial charge < -0.3 is 4.90 Å². The average molecular weight is 466 g/mol. The van der Waals surface area contributed by atoms with E-state index in [0.29, 0.717) is 15.6 Å². The predicted octanol–water partition coefficient (Wildman–Crippen LogP) is 6.19. The molecule has 0 unspecified atom stereocenters. The third-order valence-electron chi connectivity index (χ3n) is 4.23. The number of thioether (sulfide) groups is 1. The van der Waals surface area contributed by atoms with Crippen LogP contribution in [-0.2, 0) is 4.79 Å². The van der Waals surface area contributed by atoms with Crippen LogP contribution in [0.5, 0.6) is 0 Å². The molecule has 0 aliphatic carbocycles. The van der Waals surface area contributed by atoms with E-state index in [1.54, 1.807) is 30.3 Å². The van der Waals surface area contributed by atoms with E-state index in [1.807, 2.05) is 18.2 Å². The third kappa shape index (κ3) is 4.23. The topological polar surface area (TPSA) is 40.6 Å². The fourth-order valence-electron chi connectivity index (χ4n) is 2.89. The fraction of sp³-hybridized carbons (Fsp3) is 0.200. The summed E-state index contributed by atoms with van der Waals surface area (Å²) in [7, 11) is 0. The normalized spacial score (nSPS) is 15.7. The maximum absolute atomic E-state index is 12.7. The smallest absolute Gasteiger partial charge is 0.298 e. The second-order valence-corrected chi connectivity index (χ2v) is 8.16. The Bertz CT molecular complexity index is 928. The van der Waals surface area contributed by atoms with Crippen LogP contribution >= 0.6 is 39.3 Å². The van der Waals surface area contributed by atoms with Crippen molar-refractivity contribution in [1.82, 2.24) is 0 Å². The van der Waals surface area contributed by atoms with E-state index in [4.69, 9.17) is 11.6 Å². The van der Waals surface area contributed by atoms with Gasteiger partial charge in [-0.15, -0.1) is 0 Å². The van der Waals surface area contributed by atoms with Crippen molar-refractivity contribution >= 4 is 67.9 Å². The molecule has 0 spiro atoms. The fourth-order valence-corrected chi connectivity index (χ4v) is 4.56. The number of imide groups is 1. The molecule has 0 aromatic heterocycles. The van der Waals surface area contributed by atoms with Crippen LogP contribution in [0.25, 0.3) is 6.08 Å². The lowest BCUT2D eigenvalue weighted by atomic mass is 10.1. The van der Waals surface area contributed by atoms with Gasteiger partial charge in [-0.25, -0.2) is 4.90 Å². The van der Waals surface area contributed by atoms with E-state index in [2.05, 4.69) is 34.7 Å². The van der Waals surface area contributed by atoms with Crippen molar-refractivity contribution in [2.45, 2.75) is 13.8 Å². The molecule has 0 radical (unpaired) electrons. The third-order valence-corrected chi connectivity index (χ3v) is 5.97. The summed E-state index contributed by atoms with van der Waals surface area (Å²) >= 11 is 10.5. The van der Waals surface area contributed by atoms with Gasteiger partial charge in [0.15, 0.2) is 0 Å². The molecule has 2 aromatic rings. The molecule has 1 saturated heterocycles. The van der Waals surface area contributed by atoms with Gasteiger partial charge in [0.1, 0.15) is 0 Å². The highest BCUT2D eigenvalue weighted by Crippen LogP contribution is 2.37. The Morgan fingerprint density at radius 1 is 1.15 bits per heavy atom. The second-order valence-electron chi connectivity index (χ2n) is 5.88. The van der Waals surface area contributed by atoms with Gasteiger partial charge in [0.25, 0.3) is 11.1 Å². The number of halogens is 2. The number of benzene rings is 2. The van der Waals surface area contributed by atoms with Crippen LogP contribution < -0.4 is 9.80 Å². The van der Waals surface area contributed by atoms with Gasteiger partial charge in [-0.2, -0.15) is 0 Å². The Labute approximate surface area is 176 Å². The number of hydrogen-bond acceptors (Lipinski definition) is 4. The average Bonchev–Trinajstić information content (AvgIpc) is 2.91. The number of rotatable bonds is 5. The number of carbonyl (C=O) groups excluding carboxylic acids is 2. The Kier molecular flexibility index (Phi) is 6.29. The van der Waals surface area contributed by atoms with Crippen LogP contribution in [-0.4, -0.2) is 24.2 Å². The summed E-state index contributed by atoms with van der Waals surface area (Å²) in [6.45, 7) is 6.03. The summed E-state index contributed by atoms with van der Waals surface area (Å²) in [5.41, 5.74) is 2.44. The standard InChI is InChI=1S/C20H18BrClN2O2S/c1-3-23(4-2)17-9-8-13(10-16(17)21)11-18-19(25)24(20(26)27-18)15-7-5-6-14(22)12-15/h5-12H,3-4H2,1-2H3/b18-11+. The van der Waals surface area contributed by atoms with Crippen molar-refractivity contribution in [3.63, 3.8) is 0 Å². The molecular formula is C20H18BrClN2O2S. The molecule has 27 heavy (non-hydrogen) atoms.